The average molecular weight is 404 g/mol. The summed E-state index contributed by atoms with van der Waals surface area (Å²) >= 11 is 0. The summed E-state index contributed by atoms with van der Waals surface area (Å²) in [5.74, 6) is 2.02. The zero-order valence-corrected chi connectivity index (χ0v) is 16.9. The second-order valence-electron chi connectivity index (χ2n) is 7.42. The topological polar surface area (TPSA) is 65.6 Å². The predicted molar refractivity (Wildman–Crippen MR) is 115 cm³/mol. The van der Waals surface area contributed by atoms with Crippen molar-refractivity contribution >= 4 is 21.8 Å². The van der Waals surface area contributed by atoms with Crippen LogP contribution in [-0.2, 0) is 11.3 Å². The summed E-state index contributed by atoms with van der Waals surface area (Å²) in [4.78, 5) is 7.99. The molecule has 0 spiro atoms. The molecule has 1 fully saturated rings. The number of aromatic nitrogens is 2. The van der Waals surface area contributed by atoms with E-state index in [0.717, 1.165) is 53.4 Å². The van der Waals surface area contributed by atoms with Crippen LogP contribution in [0.25, 0.3) is 21.8 Å². The van der Waals surface area contributed by atoms with Crippen molar-refractivity contribution in [2.75, 3.05) is 20.3 Å². The summed E-state index contributed by atoms with van der Waals surface area (Å²) < 4.78 is 23.4. The molecule has 5 rings (SSSR count). The average Bonchev–Trinajstić information content (AvgIpc) is 3.16. The number of nitrogens with zero attached hydrogens (tertiary/aromatic N) is 1. The number of ether oxygens (including phenoxy) is 4. The van der Waals surface area contributed by atoms with Gasteiger partial charge in [-0.1, -0.05) is 30.3 Å². The van der Waals surface area contributed by atoms with Crippen LogP contribution in [0.5, 0.6) is 17.4 Å². The second-order valence-corrected chi connectivity index (χ2v) is 7.42. The highest BCUT2D eigenvalue weighted by Gasteiger charge is 2.20. The highest BCUT2D eigenvalue weighted by Crippen LogP contribution is 2.39. The largest absolute Gasteiger partial charge is 0.493 e. The molecule has 0 amide bonds. The van der Waals surface area contributed by atoms with Crippen LogP contribution in [0.1, 0.15) is 18.4 Å². The van der Waals surface area contributed by atoms with E-state index in [-0.39, 0.29) is 6.10 Å². The molecule has 0 aliphatic carbocycles. The molecule has 1 saturated heterocycles. The van der Waals surface area contributed by atoms with Gasteiger partial charge in [0, 0.05) is 30.5 Å². The third-order valence-corrected chi connectivity index (χ3v) is 5.44. The van der Waals surface area contributed by atoms with Gasteiger partial charge in [0.2, 0.25) is 5.88 Å². The van der Waals surface area contributed by atoms with E-state index in [1.807, 2.05) is 48.5 Å². The molecule has 0 unspecified atom stereocenters. The molecule has 154 valence electrons. The molecule has 4 aromatic rings. The van der Waals surface area contributed by atoms with Crippen molar-refractivity contribution in [2.24, 2.45) is 0 Å². The van der Waals surface area contributed by atoms with Gasteiger partial charge in [-0.05, 0) is 17.7 Å². The minimum atomic E-state index is 0.122. The van der Waals surface area contributed by atoms with Gasteiger partial charge in [-0.25, -0.2) is 4.98 Å². The second kappa shape index (κ2) is 8.24. The monoisotopic (exact) mass is 404 g/mol. The van der Waals surface area contributed by atoms with E-state index in [1.54, 1.807) is 13.3 Å². The van der Waals surface area contributed by atoms with Gasteiger partial charge in [-0.3, -0.25) is 0 Å². The lowest BCUT2D eigenvalue weighted by Crippen LogP contribution is -2.26. The van der Waals surface area contributed by atoms with Crippen molar-refractivity contribution < 1.29 is 18.9 Å². The molecular weight excluding hydrogens is 380 g/mol. The Morgan fingerprint density at radius 2 is 1.87 bits per heavy atom. The van der Waals surface area contributed by atoms with Crippen molar-refractivity contribution in [1.29, 1.82) is 0 Å². The first-order valence-electron chi connectivity index (χ1n) is 10.2. The van der Waals surface area contributed by atoms with E-state index in [0.29, 0.717) is 24.0 Å². The Balaban J connectivity index is 1.51. The third kappa shape index (κ3) is 3.66. The van der Waals surface area contributed by atoms with E-state index < -0.39 is 0 Å². The molecule has 0 bridgehead atoms. The summed E-state index contributed by atoms with van der Waals surface area (Å²) in [5.41, 5.74) is 3.04. The first-order valence-corrected chi connectivity index (χ1v) is 10.2. The van der Waals surface area contributed by atoms with Crippen LogP contribution in [0.15, 0.2) is 54.7 Å². The number of fused-ring (bicyclic) bond motifs is 3. The van der Waals surface area contributed by atoms with Gasteiger partial charge in [0.1, 0.15) is 12.7 Å². The Kier molecular flexibility index (Phi) is 5.15. The van der Waals surface area contributed by atoms with Crippen molar-refractivity contribution in [3.05, 3.63) is 60.3 Å². The molecule has 6 heteroatoms. The molecule has 6 nitrogen and oxygen atoms in total. The first-order chi connectivity index (χ1) is 14.8. The molecule has 2 aromatic carbocycles. The van der Waals surface area contributed by atoms with Gasteiger partial charge >= 0.3 is 0 Å². The molecule has 30 heavy (non-hydrogen) atoms. The number of aromatic amines is 1. The maximum atomic E-state index is 6.26. The van der Waals surface area contributed by atoms with Crippen LogP contribution in [0.3, 0.4) is 0 Å². The maximum Gasteiger partial charge on any atom is 0.223 e. The number of pyridine rings is 1. The van der Waals surface area contributed by atoms with E-state index in [1.165, 1.54) is 0 Å². The van der Waals surface area contributed by atoms with Crippen LogP contribution in [0, 0.1) is 0 Å². The lowest BCUT2D eigenvalue weighted by molar-refractivity contribution is 0.0244. The molecular formula is C24H24N2O4. The lowest BCUT2D eigenvalue weighted by atomic mass is 10.1. The molecule has 0 atom stereocenters. The maximum absolute atomic E-state index is 6.26. The summed E-state index contributed by atoms with van der Waals surface area (Å²) in [7, 11) is 1.66. The van der Waals surface area contributed by atoms with Crippen molar-refractivity contribution in [3.8, 4) is 17.4 Å². The van der Waals surface area contributed by atoms with Gasteiger partial charge in [0.15, 0.2) is 11.5 Å². The fraction of sp³-hybridized carbons (Fsp3) is 0.292. The Hall–Kier alpha value is -3.25. The van der Waals surface area contributed by atoms with Gasteiger partial charge in [-0.2, -0.15) is 0 Å². The first kappa shape index (κ1) is 18.8. The number of rotatable bonds is 6. The third-order valence-electron chi connectivity index (χ3n) is 5.44. The Morgan fingerprint density at radius 1 is 1.03 bits per heavy atom. The molecule has 0 saturated carbocycles. The van der Waals surface area contributed by atoms with E-state index in [9.17, 15) is 0 Å². The Bertz CT molecular complexity index is 1150. The fourth-order valence-corrected chi connectivity index (χ4v) is 3.87. The molecule has 1 N–H and O–H groups in total. The highest BCUT2D eigenvalue weighted by molar-refractivity contribution is 6.10. The lowest BCUT2D eigenvalue weighted by Gasteiger charge is -2.23. The van der Waals surface area contributed by atoms with Crippen LogP contribution in [0.4, 0.5) is 0 Å². The zero-order valence-electron chi connectivity index (χ0n) is 16.9. The van der Waals surface area contributed by atoms with Crippen LogP contribution < -0.4 is 14.2 Å². The van der Waals surface area contributed by atoms with Gasteiger partial charge in [0.25, 0.3) is 0 Å². The zero-order chi connectivity index (χ0) is 20.3. The SMILES string of the molecule is COc1cc2c(cc1OCc1ccccc1)[nH]c1ccnc(OC3CCOCC3)c12. The summed E-state index contributed by atoms with van der Waals surface area (Å²) in [6, 6.07) is 16.0. The van der Waals surface area contributed by atoms with E-state index in [2.05, 4.69) is 9.97 Å². The van der Waals surface area contributed by atoms with E-state index in [4.69, 9.17) is 18.9 Å². The molecule has 1 aliphatic rings. The summed E-state index contributed by atoms with van der Waals surface area (Å²) in [6.45, 7) is 1.93. The summed E-state index contributed by atoms with van der Waals surface area (Å²) in [6.07, 6.45) is 3.65. The van der Waals surface area contributed by atoms with Gasteiger partial charge in [0.05, 0.1) is 36.7 Å². The Labute approximate surface area is 174 Å². The number of nitrogens with one attached hydrogen (secondary N) is 1. The van der Waals surface area contributed by atoms with Gasteiger partial charge in [-0.15, -0.1) is 0 Å². The number of benzene rings is 2. The molecule has 3 heterocycles. The fourth-order valence-electron chi connectivity index (χ4n) is 3.87. The van der Waals surface area contributed by atoms with E-state index >= 15 is 0 Å². The standard InChI is InChI=1S/C24H24N2O4/c1-27-21-13-18-20(14-22(21)29-15-16-5-3-2-4-6-16)26-19-7-10-25-24(23(18)19)30-17-8-11-28-12-9-17/h2-7,10,13-14,17,26H,8-9,11-12,15H2,1H3. The molecule has 0 radical (unpaired) electrons. The molecule has 1 aliphatic heterocycles. The van der Waals surface area contributed by atoms with Crippen molar-refractivity contribution in [3.63, 3.8) is 0 Å². The molecule has 2 aromatic heterocycles. The quantitative estimate of drug-likeness (QED) is 0.497. The predicted octanol–water partition coefficient (Wildman–Crippen LogP) is 4.86. The number of hydrogen-bond acceptors (Lipinski definition) is 5. The van der Waals surface area contributed by atoms with Crippen LogP contribution in [0.2, 0.25) is 0 Å². The normalized spacial score (nSPS) is 14.8. The number of hydrogen-bond donors (Lipinski definition) is 1. The Morgan fingerprint density at radius 3 is 2.67 bits per heavy atom. The summed E-state index contributed by atoms with van der Waals surface area (Å²) in [5, 5.41) is 1.97. The number of methoxy groups -OCH3 is 1. The van der Waals surface area contributed by atoms with Crippen LogP contribution in [-0.4, -0.2) is 36.4 Å². The highest BCUT2D eigenvalue weighted by atomic mass is 16.5. The van der Waals surface area contributed by atoms with Crippen LogP contribution >= 0.6 is 0 Å². The van der Waals surface area contributed by atoms with Crippen molar-refractivity contribution in [2.45, 2.75) is 25.6 Å². The van der Waals surface area contributed by atoms with Crippen molar-refractivity contribution in [1.82, 2.24) is 9.97 Å². The minimum Gasteiger partial charge on any atom is -0.493 e. The number of H-pyrrole nitrogens is 1. The smallest absolute Gasteiger partial charge is 0.223 e. The van der Waals surface area contributed by atoms with Gasteiger partial charge < -0.3 is 23.9 Å². The minimum absolute atomic E-state index is 0.122.